The van der Waals surface area contributed by atoms with Crippen molar-refractivity contribution in [2.24, 2.45) is 0 Å². The Morgan fingerprint density at radius 1 is 0.829 bits per heavy atom. The monoisotopic (exact) mass is 470 g/mol. The molecule has 0 aliphatic rings. The van der Waals surface area contributed by atoms with Crippen LogP contribution in [0.1, 0.15) is 23.6 Å². The Kier molecular flexibility index (Phi) is 10.9. The first-order chi connectivity index (χ1) is 17.0. The Labute approximate surface area is 206 Å². The van der Waals surface area contributed by atoms with Gasteiger partial charge >= 0.3 is 11.9 Å². The van der Waals surface area contributed by atoms with Gasteiger partial charge in [-0.25, -0.2) is 9.59 Å². The van der Waals surface area contributed by atoms with Crippen molar-refractivity contribution >= 4 is 11.9 Å². The second kappa shape index (κ2) is 14.1. The van der Waals surface area contributed by atoms with Crippen LogP contribution in [-0.2, 0) is 24.5 Å². The van der Waals surface area contributed by atoms with E-state index in [9.17, 15) is 9.59 Å². The minimum atomic E-state index is -0.981. The van der Waals surface area contributed by atoms with Crippen LogP contribution in [0.4, 0.5) is 0 Å². The minimum Gasteiger partial charge on any atom is -0.478 e. The van der Waals surface area contributed by atoms with E-state index in [1.807, 2.05) is 60.7 Å². The maximum Gasteiger partial charge on any atom is 0.335 e. The van der Waals surface area contributed by atoms with Crippen molar-refractivity contribution in [3.63, 3.8) is 0 Å². The summed E-state index contributed by atoms with van der Waals surface area (Å²) in [5.74, 6) is -1.39. The molecule has 0 saturated heterocycles. The van der Waals surface area contributed by atoms with E-state index in [1.54, 1.807) is 13.0 Å². The van der Waals surface area contributed by atoms with Crippen LogP contribution < -0.4 is 0 Å². The van der Waals surface area contributed by atoms with Crippen LogP contribution in [0.2, 0.25) is 0 Å². The number of esters is 1. The van der Waals surface area contributed by atoms with Crippen LogP contribution >= 0.6 is 0 Å². The maximum atomic E-state index is 12.7. The Balaban J connectivity index is 0.000000784. The Hall–Kier alpha value is -4.22. The fourth-order valence-corrected chi connectivity index (χ4v) is 3.58. The third-order valence-electron chi connectivity index (χ3n) is 5.13. The highest BCUT2D eigenvalue weighted by molar-refractivity contribution is 5.88. The molecule has 3 aromatic carbocycles. The van der Waals surface area contributed by atoms with Gasteiger partial charge in [-0.15, -0.1) is 6.58 Å². The number of aliphatic carboxylic acids is 1. The number of carbonyl (C=O) groups is 2. The molecule has 0 saturated carbocycles. The van der Waals surface area contributed by atoms with Gasteiger partial charge in [0.25, 0.3) is 0 Å². The molecule has 0 spiro atoms. The molecule has 0 heterocycles. The Morgan fingerprint density at radius 2 is 1.23 bits per heavy atom. The molecule has 0 aliphatic heterocycles. The molecule has 180 valence electrons. The van der Waals surface area contributed by atoms with Gasteiger partial charge in [-0.1, -0.05) is 110 Å². The largest absolute Gasteiger partial charge is 0.478 e. The van der Waals surface area contributed by atoms with Crippen LogP contribution in [0, 0.1) is 0 Å². The summed E-state index contributed by atoms with van der Waals surface area (Å²) in [6, 6.07) is 30.6. The van der Waals surface area contributed by atoms with Crippen LogP contribution in [0.15, 0.2) is 128 Å². The number of ether oxygens (including phenoxy) is 2. The molecular weight excluding hydrogens is 440 g/mol. The summed E-state index contributed by atoms with van der Waals surface area (Å²) in [7, 11) is 0. The first-order valence-electron chi connectivity index (χ1n) is 11.0. The fourth-order valence-electron chi connectivity index (χ4n) is 3.58. The first kappa shape index (κ1) is 27.0. The lowest BCUT2D eigenvalue weighted by atomic mass is 9.68. The SMILES string of the molecule is C=CC(=O)O.C=CCOCOC(=O)C(C)=CC(c1ccccc1)(c1ccccc1)c1ccccc1. The van der Waals surface area contributed by atoms with Gasteiger partial charge in [0.15, 0.2) is 6.79 Å². The van der Waals surface area contributed by atoms with E-state index in [0.29, 0.717) is 12.2 Å². The quantitative estimate of drug-likeness (QED) is 0.0993. The Bertz CT molecular complexity index is 1020. The molecular formula is C30H30O5. The average molecular weight is 471 g/mol. The van der Waals surface area contributed by atoms with Gasteiger partial charge in [-0.05, 0) is 23.6 Å². The van der Waals surface area contributed by atoms with E-state index in [0.717, 1.165) is 22.8 Å². The van der Waals surface area contributed by atoms with Crippen molar-refractivity contribution in [1.82, 2.24) is 0 Å². The molecule has 0 fully saturated rings. The summed E-state index contributed by atoms with van der Waals surface area (Å²) < 4.78 is 10.5. The number of hydrogen-bond acceptors (Lipinski definition) is 4. The van der Waals surface area contributed by atoms with E-state index in [2.05, 4.69) is 49.6 Å². The normalized spacial score (nSPS) is 10.9. The Morgan fingerprint density at radius 3 is 1.57 bits per heavy atom. The lowest BCUT2D eigenvalue weighted by molar-refractivity contribution is -0.150. The molecule has 0 aromatic heterocycles. The summed E-state index contributed by atoms with van der Waals surface area (Å²) in [6.07, 6.45) is 4.44. The number of carboxylic acids is 1. The molecule has 0 atom stereocenters. The second-order valence-corrected chi connectivity index (χ2v) is 7.48. The van der Waals surface area contributed by atoms with Gasteiger partial charge in [0.1, 0.15) is 0 Å². The van der Waals surface area contributed by atoms with E-state index in [1.165, 1.54) is 0 Å². The summed E-state index contributed by atoms with van der Waals surface area (Å²) >= 11 is 0. The summed E-state index contributed by atoms with van der Waals surface area (Å²) in [5.41, 5.74) is 3.07. The van der Waals surface area contributed by atoms with E-state index >= 15 is 0 Å². The zero-order valence-corrected chi connectivity index (χ0v) is 19.8. The summed E-state index contributed by atoms with van der Waals surface area (Å²) in [5, 5.41) is 7.60. The maximum absolute atomic E-state index is 12.7. The van der Waals surface area contributed by atoms with Gasteiger partial charge in [0.2, 0.25) is 0 Å². The molecule has 3 rings (SSSR count). The number of allylic oxidation sites excluding steroid dienone is 1. The predicted molar refractivity (Wildman–Crippen MR) is 138 cm³/mol. The van der Waals surface area contributed by atoms with Gasteiger partial charge in [-0.2, -0.15) is 0 Å². The molecule has 5 nitrogen and oxygen atoms in total. The summed E-state index contributed by atoms with van der Waals surface area (Å²) in [4.78, 5) is 21.9. The highest BCUT2D eigenvalue weighted by atomic mass is 16.7. The summed E-state index contributed by atoms with van der Waals surface area (Å²) in [6.45, 7) is 8.55. The standard InChI is InChI=1S/C27H26O3.C3H4O2/c1-3-19-29-21-30-26(28)22(2)20-27(23-13-7-4-8-14-23,24-15-9-5-10-16-24)25-17-11-6-12-18-25;1-2-3(4)5/h3-18,20H,1,19,21H2,2H3;2H,1H2,(H,4,5). The van der Waals surface area contributed by atoms with Gasteiger partial charge in [-0.3, -0.25) is 0 Å². The molecule has 0 unspecified atom stereocenters. The predicted octanol–water partition coefficient (Wildman–Crippen LogP) is 5.93. The highest BCUT2D eigenvalue weighted by Gasteiger charge is 2.35. The van der Waals surface area contributed by atoms with Crippen LogP contribution in [0.5, 0.6) is 0 Å². The van der Waals surface area contributed by atoms with Crippen molar-refractivity contribution in [2.75, 3.05) is 13.4 Å². The lowest BCUT2D eigenvalue weighted by Gasteiger charge is -2.33. The van der Waals surface area contributed by atoms with Crippen LogP contribution in [-0.4, -0.2) is 30.4 Å². The van der Waals surface area contributed by atoms with Gasteiger partial charge in [0, 0.05) is 11.6 Å². The molecule has 0 aliphatic carbocycles. The third kappa shape index (κ3) is 7.66. The number of rotatable bonds is 10. The van der Waals surface area contributed by atoms with E-state index in [4.69, 9.17) is 14.6 Å². The average Bonchev–Trinajstić information content (AvgIpc) is 2.91. The zero-order chi connectivity index (χ0) is 25.5. The van der Waals surface area contributed by atoms with Gasteiger partial charge < -0.3 is 14.6 Å². The number of hydrogen-bond donors (Lipinski definition) is 1. The topological polar surface area (TPSA) is 72.8 Å². The third-order valence-corrected chi connectivity index (χ3v) is 5.13. The van der Waals surface area contributed by atoms with Crippen LogP contribution in [0.25, 0.3) is 0 Å². The molecule has 0 amide bonds. The highest BCUT2D eigenvalue weighted by Crippen LogP contribution is 2.41. The molecule has 1 N–H and O–H groups in total. The first-order valence-corrected chi connectivity index (χ1v) is 11.0. The smallest absolute Gasteiger partial charge is 0.335 e. The van der Waals surface area contributed by atoms with Crippen molar-refractivity contribution < 1.29 is 24.2 Å². The molecule has 0 radical (unpaired) electrons. The van der Waals surface area contributed by atoms with Crippen molar-refractivity contribution in [2.45, 2.75) is 12.3 Å². The number of benzene rings is 3. The van der Waals surface area contributed by atoms with Crippen LogP contribution in [0.3, 0.4) is 0 Å². The van der Waals surface area contributed by atoms with Gasteiger partial charge in [0.05, 0.1) is 12.0 Å². The van der Waals surface area contributed by atoms with E-state index in [-0.39, 0.29) is 6.79 Å². The number of carbonyl (C=O) groups excluding carboxylic acids is 1. The lowest BCUT2D eigenvalue weighted by Crippen LogP contribution is -2.28. The second-order valence-electron chi connectivity index (χ2n) is 7.48. The van der Waals surface area contributed by atoms with E-state index < -0.39 is 17.4 Å². The van der Waals surface area contributed by atoms with Crippen molar-refractivity contribution in [1.29, 1.82) is 0 Å². The fraction of sp³-hybridized carbons (Fsp3) is 0.133. The molecule has 3 aromatic rings. The van der Waals surface area contributed by atoms with Crippen molar-refractivity contribution in [3.8, 4) is 0 Å². The molecule has 0 bridgehead atoms. The molecule has 35 heavy (non-hydrogen) atoms. The minimum absolute atomic E-state index is 0.106. The zero-order valence-electron chi connectivity index (χ0n) is 19.8. The van der Waals surface area contributed by atoms with Crippen molar-refractivity contribution in [3.05, 3.63) is 145 Å². The molecule has 5 heteroatoms. The number of carboxylic acid groups (broad SMARTS) is 1.